The normalized spacial score (nSPS) is 23.3. The lowest BCUT2D eigenvalue weighted by Gasteiger charge is -2.57. The summed E-state index contributed by atoms with van der Waals surface area (Å²) in [6.45, 7) is 24.3. The number of hydrogen-bond acceptors (Lipinski definition) is 15. The number of urea groups is 1. The number of nitrogens with zero attached hydrogens (tertiary/aromatic N) is 11. The first-order valence-electron chi connectivity index (χ1n) is 48.0. The van der Waals surface area contributed by atoms with Gasteiger partial charge >= 0.3 is 6.03 Å². The molecule has 8 saturated heterocycles. The monoisotopic (exact) mass is 1770 g/mol. The van der Waals surface area contributed by atoms with Crippen molar-refractivity contribution in [1.29, 1.82) is 0 Å². The maximum atomic E-state index is 13.3. The van der Waals surface area contributed by atoms with E-state index in [1.807, 2.05) is 57.7 Å². The number of methoxy groups -OCH3 is 2. The van der Waals surface area contributed by atoms with Crippen LogP contribution in [0.1, 0.15) is 164 Å². The minimum Gasteiger partial charge on any atom is -0.395 e. The Morgan fingerprint density at radius 2 is 0.621 bits per heavy atom. The number of benzene rings is 8. The van der Waals surface area contributed by atoms with Gasteiger partial charge in [-0.1, -0.05) is 216 Å². The molecule has 11 heterocycles. The van der Waals surface area contributed by atoms with Gasteiger partial charge in [0, 0.05) is 187 Å². The Hall–Kier alpha value is -11.4. The SMILES string of the molecule is COC[C@@H]1[C@@H](c2ccc(-c3cccc(C)c3)cc2)[C@@H]2CN(C(=O)c3cccnc3)CCCCN12.COC[C@H]1[C@H](c2ccc(-c3cccc(C)c3)cc2)[C@H]2CN(C(=O)c3cccnc3)CCCCN21.Cc1cccc(-c2ccc([C@@H]3[C@@H](CO)N4CCCCN(C(=O)NC(C)C)C[C@@H]34)cc2)c1.Cc1cccc(-c2ccc([C@@H]3[C@@H](CO)N4CCCCN(C(=O)c5ccncc5)C[C@@H]34)cc2)c1. The van der Waals surface area contributed by atoms with Gasteiger partial charge in [0.25, 0.3) is 17.7 Å². The van der Waals surface area contributed by atoms with Crippen molar-refractivity contribution in [3.63, 3.8) is 0 Å². The highest BCUT2D eigenvalue weighted by Crippen LogP contribution is 2.48. The first kappa shape index (κ1) is 93.8. The van der Waals surface area contributed by atoms with Crippen molar-refractivity contribution in [3.05, 3.63) is 329 Å². The number of fused-ring (bicyclic) bond motifs is 4. The number of ether oxygens (including phenoxy) is 2. The van der Waals surface area contributed by atoms with E-state index in [1.165, 1.54) is 89.0 Å². The summed E-state index contributed by atoms with van der Waals surface area (Å²) < 4.78 is 11.3. The lowest BCUT2D eigenvalue weighted by atomic mass is 9.74. The molecule has 0 spiro atoms. The molecule has 3 N–H and O–H groups in total. The van der Waals surface area contributed by atoms with Gasteiger partial charge in [-0.15, -0.1) is 0 Å². The molecule has 0 radical (unpaired) electrons. The zero-order valence-electron chi connectivity index (χ0n) is 78.1. The van der Waals surface area contributed by atoms with Crippen LogP contribution in [0.25, 0.3) is 44.5 Å². The summed E-state index contributed by atoms with van der Waals surface area (Å²) in [5.41, 5.74) is 22.0. The van der Waals surface area contributed by atoms with Crippen LogP contribution < -0.4 is 5.32 Å². The Labute approximate surface area is 781 Å². The number of aliphatic hydroxyl groups excluding tert-OH is 2. The number of carbonyl (C=O) groups is 4. The molecule has 8 aliphatic rings. The number of amides is 5. The van der Waals surface area contributed by atoms with Crippen LogP contribution >= 0.6 is 0 Å². The second kappa shape index (κ2) is 44.4. The lowest BCUT2D eigenvalue weighted by molar-refractivity contribution is -0.0680. The molecule has 20 heteroatoms. The van der Waals surface area contributed by atoms with E-state index < -0.39 is 0 Å². The maximum absolute atomic E-state index is 13.3. The first-order chi connectivity index (χ1) is 64.4. The van der Waals surface area contributed by atoms with Gasteiger partial charge in [-0.2, -0.15) is 0 Å². The molecule has 5 amide bonds. The number of hydrogen-bond donors (Lipinski definition) is 3. The van der Waals surface area contributed by atoms with Crippen LogP contribution in [0.4, 0.5) is 4.79 Å². The molecule has 0 unspecified atom stereocenters. The minimum atomic E-state index is 0.0258. The highest BCUT2D eigenvalue weighted by atomic mass is 16.5. The largest absolute Gasteiger partial charge is 0.395 e. The van der Waals surface area contributed by atoms with Crippen LogP contribution in [0.15, 0.2) is 268 Å². The Morgan fingerprint density at radius 3 is 0.909 bits per heavy atom. The fourth-order valence-corrected chi connectivity index (χ4v) is 22.1. The third kappa shape index (κ3) is 21.7. The summed E-state index contributed by atoms with van der Waals surface area (Å²) in [7, 11) is 3.57. The Morgan fingerprint density at radius 1 is 0.333 bits per heavy atom. The number of nitrogens with one attached hydrogen (secondary N) is 1. The van der Waals surface area contributed by atoms with Crippen LogP contribution in [-0.4, -0.2) is 262 Å². The van der Waals surface area contributed by atoms with Crippen molar-refractivity contribution in [1.82, 2.24) is 59.5 Å². The smallest absolute Gasteiger partial charge is 0.317 e. The quantitative estimate of drug-likeness (QED) is 0.0731. The van der Waals surface area contributed by atoms with Crippen molar-refractivity contribution in [2.75, 3.05) is 119 Å². The summed E-state index contributed by atoms with van der Waals surface area (Å²) in [6.07, 6.45) is 18.4. The van der Waals surface area contributed by atoms with Crippen molar-refractivity contribution in [3.8, 4) is 44.5 Å². The van der Waals surface area contributed by atoms with Crippen molar-refractivity contribution < 1.29 is 38.9 Å². The standard InChI is InChI=1S/2C29H33N3O2.C28H31N3O2.C26H35N3O2/c2*1-21-7-5-8-24(17-21)22-10-12-23(13-11-22)28-26-19-31(29(33)25-9-6-14-30-18-25)15-3-4-16-32(26)27(28)20-34-2;1-20-5-4-6-24(17-20)21-7-9-22(10-8-21)27-25-18-30(28(33)23-11-13-29-14-12-23)15-2-3-16-31(25)26(27)19-32;1-18(2)27-26(31)28-13-4-5-14-29-23(16-28)25(24(29)17-30)21-11-9-20(10-12-21)22-8-6-7-19(3)15-22/h2*5-14,17-18,26-28H,3-4,15-16,19-20H2,1-2H3;4-14,17,25-27,32H,2-3,15-16,18-19H2,1H3;6-12,15,18,23-25,30H,4-5,13-14,16-17H2,1-3H3,(H,27,31)/t2*26-,27+,28-;25-,26+,27-;23-,24+,25-/m1000/s1. The van der Waals surface area contributed by atoms with E-state index in [0.717, 1.165) is 117 Å². The molecule has 0 saturated carbocycles. The number of aryl methyl sites for hydroxylation is 4. The molecule has 688 valence electrons. The first-order valence-corrected chi connectivity index (χ1v) is 48.0. The predicted molar refractivity (Wildman–Crippen MR) is 525 cm³/mol. The van der Waals surface area contributed by atoms with Crippen LogP contribution in [0, 0.1) is 27.7 Å². The van der Waals surface area contributed by atoms with Gasteiger partial charge in [0.2, 0.25) is 0 Å². The van der Waals surface area contributed by atoms with Gasteiger partial charge in [0.05, 0.1) is 37.6 Å². The van der Waals surface area contributed by atoms with E-state index >= 15 is 0 Å². The topological polar surface area (TPSA) is 204 Å². The molecular formula is C112H132N12O8. The molecule has 11 aromatic rings. The van der Waals surface area contributed by atoms with Crippen molar-refractivity contribution in [2.24, 2.45) is 0 Å². The van der Waals surface area contributed by atoms with Crippen molar-refractivity contribution >= 4 is 23.8 Å². The Kier molecular flexibility index (Phi) is 31.6. The van der Waals surface area contributed by atoms with E-state index in [9.17, 15) is 29.4 Å². The van der Waals surface area contributed by atoms with Crippen LogP contribution in [0.3, 0.4) is 0 Å². The van der Waals surface area contributed by atoms with Gasteiger partial charge in [-0.3, -0.25) is 48.9 Å². The molecule has 8 aromatic carbocycles. The predicted octanol–water partition coefficient (Wildman–Crippen LogP) is 17.7. The van der Waals surface area contributed by atoms with E-state index in [1.54, 1.807) is 63.5 Å². The molecule has 0 aliphatic carbocycles. The summed E-state index contributed by atoms with van der Waals surface area (Å²) in [6, 6.07) is 83.1. The molecule has 20 nitrogen and oxygen atoms in total. The number of carbonyl (C=O) groups excluding carboxylic acids is 4. The summed E-state index contributed by atoms with van der Waals surface area (Å²) in [5, 5.41) is 23.4. The van der Waals surface area contributed by atoms with Crippen molar-refractivity contribution in [2.45, 2.75) is 171 Å². The van der Waals surface area contributed by atoms with Gasteiger partial charge in [-0.05, 0) is 222 Å². The fraction of sp³-hybridized carbons (Fsp3) is 0.402. The molecule has 8 aliphatic heterocycles. The molecule has 19 rings (SSSR count). The van der Waals surface area contributed by atoms with Gasteiger partial charge < -0.3 is 44.6 Å². The highest BCUT2D eigenvalue weighted by molar-refractivity contribution is 5.95. The minimum absolute atomic E-state index is 0.0258. The number of aromatic nitrogens is 3. The van der Waals surface area contributed by atoms with E-state index in [0.29, 0.717) is 79.0 Å². The summed E-state index contributed by atoms with van der Waals surface area (Å²) >= 11 is 0. The van der Waals surface area contributed by atoms with Gasteiger partial charge in [0.1, 0.15) is 0 Å². The number of pyridine rings is 3. The highest BCUT2D eigenvalue weighted by Gasteiger charge is 2.54. The summed E-state index contributed by atoms with van der Waals surface area (Å²) in [5.74, 6) is 1.37. The summed E-state index contributed by atoms with van der Waals surface area (Å²) in [4.78, 5) is 82.8. The van der Waals surface area contributed by atoms with E-state index in [4.69, 9.17) is 9.47 Å². The molecule has 3 aromatic heterocycles. The lowest BCUT2D eigenvalue weighted by Crippen LogP contribution is -2.68. The van der Waals surface area contributed by atoms with Crippen LogP contribution in [0.5, 0.6) is 0 Å². The third-order valence-corrected chi connectivity index (χ3v) is 28.7. The Bertz CT molecular complexity index is 5420. The molecule has 0 bridgehead atoms. The van der Waals surface area contributed by atoms with E-state index in [2.05, 4.69) is 262 Å². The zero-order chi connectivity index (χ0) is 91.7. The second-order valence-electron chi connectivity index (χ2n) is 37.7. The van der Waals surface area contributed by atoms with Gasteiger partial charge in [-0.25, -0.2) is 4.79 Å². The average Bonchev–Trinajstić information content (AvgIpc) is 0.757. The van der Waals surface area contributed by atoms with Crippen LogP contribution in [0.2, 0.25) is 0 Å². The third-order valence-electron chi connectivity index (χ3n) is 28.7. The Balaban J connectivity index is 0.000000128. The van der Waals surface area contributed by atoms with Crippen LogP contribution in [-0.2, 0) is 9.47 Å². The van der Waals surface area contributed by atoms with E-state index in [-0.39, 0.29) is 79.0 Å². The molecule has 132 heavy (non-hydrogen) atoms. The number of rotatable bonds is 18. The second-order valence-corrected chi connectivity index (χ2v) is 37.7. The maximum Gasteiger partial charge on any atom is 0.317 e. The van der Waals surface area contributed by atoms with Gasteiger partial charge in [0.15, 0.2) is 0 Å². The number of aliphatic hydroxyl groups is 2. The fourth-order valence-electron chi connectivity index (χ4n) is 22.1. The molecule has 8 fully saturated rings. The zero-order valence-corrected chi connectivity index (χ0v) is 78.1. The average molecular weight is 1770 g/mol. The molecular weight excluding hydrogens is 1640 g/mol. The molecule has 12 atom stereocenters.